The van der Waals surface area contributed by atoms with Crippen molar-refractivity contribution in [2.24, 2.45) is 11.1 Å². The Morgan fingerprint density at radius 1 is 1.26 bits per heavy atom. The van der Waals surface area contributed by atoms with Gasteiger partial charge in [-0.1, -0.05) is 12.1 Å². The molecule has 6 heteroatoms. The van der Waals surface area contributed by atoms with E-state index in [1.165, 1.54) is 0 Å². The first-order valence-corrected chi connectivity index (χ1v) is 8.04. The molecule has 1 heterocycles. The average molecular weight is 319 g/mol. The van der Waals surface area contributed by atoms with Crippen molar-refractivity contribution in [2.45, 2.75) is 26.3 Å². The Morgan fingerprint density at radius 2 is 2.00 bits per heavy atom. The molecule has 0 aromatic heterocycles. The van der Waals surface area contributed by atoms with E-state index in [-0.39, 0.29) is 11.8 Å². The van der Waals surface area contributed by atoms with Gasteiger partial charge in [-0.3, -0.25) is 9.59 Å². The van der Waals surface area contributed by atoms with Gasteiger partial charge in [0, 0.05) is 38.4 Å². The topological polar surface area (TPSA) is 93.5 Å². The molecule has 0 unspecified atom stereocenters. The molecule has 1 aromatic rings. The third kappa shape index (κ3) is 4.30. The summed E-state index contributed by atoms with van der Waals surface area (Å²) in [4.78, 5) is 24.4. The van der Waals surface area contributed by atoms with Crippen LogP contribution in [0, 0.1) is 5.41 Å². The lowest BCUT2D eigenvalue weighted by atomic mass is 9.79. The molecule has 4 N–H and O–H groups in total. The monoisotopic (exact) mass is 319 g/mol. The van der Waals surface area contributed by atoms with Crippen LogP contribution in [0.1, 0.15) is 35.7 Å². The van der Waals surface area contributed by atoms with Crippen molar-refractivity contribution in [1.82, 2.24) is 10.6 Å². The maximum atomic E-state index is 12.5. The number of ether oxygens (including phenoxy) is 1. The summed E-state index contributed by atoms with van der Waals surface area (Å²) in [6, 6.07) is 7.27. The van der Waals surface area contributed by atoms with Crippen LogP contribution in [0.5, 0.6) is 0 Å². The van der Waals surface area contributed by atoms with Gasteiger partial charge < -0.3 is 21.1 Å². The van der Waals surface area contributed by atoms with Crippen LogP contribution in [0.4, 0.5) is 0 Å². The largest absolute Gasteiger partial charge is 0.381 e. The number of carbonyl (C=O) groups excluding carboxylic acids is 2. The molecule has 0 atom stereocenters. The molecular weight excluding hydrogens is 294 g/mol. The third-order valence-corrected chi connectivity index (χ3v) is 4.30. The van der Waals surface area contributed by atoms with Crippen LogP contribution in [-0.2, 0) is 16.1 Å². The van der Waals surface area contributed by atoms with Crippen LogP contribution in [0.2, 0.25) is 0 Å². The Balaban J connectivity index is 1.98. The second kappa shape index (κ2) is 8.08. The minimum Gasteiger partial charge on any atom is -0.381 e. The van der Waals surface area contributed by atoms with E-state index in [4.69, 9.17) is 10.5 Å². The lowest BCUT2D eigenvalue weighted by Gasteiger charge is -2.34. The van der Waals surface area contributed by atoms with E-state index in [0.29, 0.717) is 51.3 Å². The van der Waals surface area contributed by atoms with Gasteiger partial charge in [0.15, 0.2) is 0 Å². The van der Waals surface area contributed by atoms with Crippen molar-refractivity contribution in [3.63, 3.8) is 0 Å². The zero-order valence-electron chi connectivity index (χ0n) is 13.6. The van der Waals surface area contributed by atoms with Gasteiger partial charge in [0.2, 0.25) is 5.91 Å². The fourth-order valence-corrected chi connectivity index (χ4v) is 2.74. The van der Waals surface area contributed by atoms with Gasteiger partial charge >= 0.3 is 0 Å². The van der Waals surface area contributed by atoms with Crippen molar-refractivity contribution in [1.29, 1.82) is 0 Å². The normalized spacial score (nSPS) is 16.6. The highest BCUT2D eigenvalue weighted by Crippen LogP contribution is 2.29. The van der Waals surface area contributed by atoms with Gasteiger partial charge in [-0.2, -0.15) is 0 Å². The van der Waals surface area contributed by atoms with Gasteiger partial charge in [0.1, 0.15) is 0 Å². The van der Waals surface area contributed by atoms with Crippen molar-refractivity contribution in [2.75, 3.05) is 26.3 Å². The van der Waals surface area contributed by atoms with Crippen LogP contribution in [-0.4, -0.2) is 38.1 Å². The Hall–Kier alpha value is -1.92. The van der Waals surface area contributed by atoms with Gasteiger partial charge in [-0.25, -0.2) is 0 Å². The zero-order valence-corrected chi connectivity index (χ0v) is 13.6. The quantitative estimate of drug-likeness (QED) is 0.723. The molecule has 0 spiro atoms. The first-order chi connectivity index (χ1) is 11.1. The summed E-state index contributed by atoms with van der Waals surface area (Å²) in [7, 11) is 0. The standard InChI is InChI=1S/C17H25N3O3/c1-2-19-15(21)14-5-3-4-13(10-14)11-20-16(22)17(12-18)6-8-23-9-7-17/h3-5,10H,2,6-9,11-12,18H2,1H3,(H,19,21)(H,20,22). The molecule has 2 rings (SSSR count). The van der Waals surface area contributed by atoms with Gasteiger partial charge in [0.25, 0.3) is 5.91 Å². The van der Waals surface area contributed by atoms with E-state index in [0.717, 1.165) is 5.56 Å². The summed E-state index contributed by atoms with van der Waals surface area (Å²) in [5, 5.41) is 5.72. The van der Waals surface area contributed by atoms with E-state index in [2.05, 4.69) is 10.6 Å². The maximum Gasteiger partial charge on any atom is 0.251 e. The average Bonchev–Trinajstić information content (AvgIpc) is 2.60. The molecule has 0 aliphatic carbocycles. The number of amides is 2. The van der Waals surface area contributed by atoms with Crippen LogP contribution in [0.3, 0.4) is 0 Å². The molecule has 1 aromatic carbocycles. The van der Waals surface area contributed by atoms with Crippen LogP contribution in [0.25, 0.3) is 0 Å². The molecule has 2 amide bonds. The molecule has 23 heavy (non-hydrogen) atoms. The summed E-state index contributed by atoms with van der Waals surface area (Å²) < 4.78 is 5.32. The number of carbonyl (C=O) groups is 2. The molecule has 0 bridgehead atoms. The van der Waals surface area contributed by atoms with Crippen LogP contribution in [0.15, 0.2) is 24.3 Å². The number of nitrogens with one attached hydrogen (secondary N) is 2. The lowest BCUT2D eigenvalue weighted by molar-refractivity contribution is -0.136. The third-order valence-electron chi connectivity index (χ3n) is 4.30. The summed E-state index contributed by atoms with van der Waals surface area (Å²) in [6.07, 6.45) is 1.29. The Kier molecular flexibility index (Phi) is 6.12. The van der Waals surface area contributed by atoms with Gasteiger partial charge in [0.05, 0.1) is 5.41 Å². The summed E-state index contributed by atoms with van der Waals surface area (Å²) >= 11 is 0. The number of hydrogen-bond donors (Lipinski definition) is 3. The van der Waals surface area contributed by atoms with Crippen LogP contribution >= 0.6 is 0 Å². The second-order valence-corrected chi connectivity index (χ2v) is 5.84. The first-order valence-electron chi connectivity index (χ1n) is 8.04. The van der Waals surface area contributed by atoms with E-state index < -0.39 is 5.41 Å². The highest BCUT2D eigenvalue weighted by Gasteiger charge is 2.38. The Morgan fingerprint density at radius 3 is 2.65 bits per heavy atom. The molecule has 1 fully saturated rings. The summed E-state index contributed by atoms with van der Waals surface area (Å²) in [5.41, 5.74) is 6.79. The fraction of sp³-hybridized carbons (Fsp3) is 0.529. The first kappa shape index (κ1) is 17.4. The number of benzene rings is 1. The Bertz CT molecular complexity index is 554. The second-order valence-electron chi connectivity index (χ2n) is 5.84. The number of nitrogens with two attached hydrogens (primary N) is 1. The number of rotatable bonds is 6. The molecule has 6 nitrogen and oxygen atoms in total. The predicted octanol–water partition coefficient (Wildman–Crippen LogP) is 0.808. The highest BCUT2D eigenvalue weighted by molar-refractivity contribution is 5.94. The summed E-state index contributed by atoms with van der Waals surface area (Å²) in [5.74, 6) is -0.143. The van der Waals surface area contributed by atoms with E-state index in [1.807, 2.05) is 19.1 Å². The number of hydrogen-bond acceptors (Lipinski definition) is 4. The molecular formula is C17H25N3O3. The lowest BCUT2D eigenvalue weighted by Crippen LogP contribution is -2.48. The van der Waals surface area contributed by atoms with Crippen molar-refractivity contribution in [3.8, 4) is 0 Å². The zero-order chi connectivity index (χ0) is 16.7. The van der Waals surface area contributed by atoms with E-state index >= 15 is 0 Å². The van der Waals surface area contributed by atoms with E-state index in [1.54, 1.807) is 12.1 Å². The maximum absolute atomic E-state index is 12.5. The van der Waals surface area contributed by atoms with Crippen molar-refractivity contribution >= 4 is 11.8 Å². The smallest absolute Gasteiger partial charge is 0.251 e. The molecule has 0 radical (unpaired) electrons. The van der Waals surface area contributed by atoms with Crippen molar-refractivity contribution < 1.29 is 14.3 Å². The fourth-order valence-electron chi connectivity index (χ4n) is 2.74. The molecule has 0 saturated carbocycles. The minimum absolute atomic E-state index is 0.0355. The highest BCUT2D eigenvalue weighted by atomic mass is 16.5. The SMILES string of the molecule is CCNC(=O)c1cccc(CNC(=O)C2(CN)CCOCC2)c1. The Labute approximate surface area is 136 Å². The molecule has 1 aliphatic heterocycles. The van der Waals surface area contributed by atoms with E-state index in [9.17, 15) is 9.59 Å². The van der Waals surface area contributed by atoms with Crippen molar-refractivity contribution in [3.05, 3.63) is 35.4 Å². The molecule has 126 valence electrons. The minimum atomic E-state index is -0.532. The summed E-state index contributed by atoms with van der Waals surface area (Å²) in [6.45, 7) is 4.30. The van der Waals surface area contributed by atoms with Gasteiger partial charge in [-0.15, -0.1) is 0 Å². The molecule has 1 aliphatic rings. The van der Waals surface area contributed by atoms with Crippen LogP contribution < -0.4 is 16.4 Å². The predicted molar refractivity (Wildman–Crippen MR) is 87.8 cm³/mol. The molecule has 1 saturated heterocycles. The van der Waals surface area contributed by atoms with Gasteiger partial charge in [-0.05, 0) is 37.5 Å².